The van der Waals surface area contributed by atoms with Gasteiger partial charge in [0.15, 0.2) is 0 Å². The Morgan fingerprint density at radius 3 is 2.55 bits per heavy atom. The van der Waals surface area contributed by atoms with E-state index >= 15 is 0 Å². The molecule has 0 saturated carbocycles. The normalized spacial score (nSPS) is 13.0. The maximum absolute atomic E-state index is 12.6. The summed E-state index contributed by atoms with van der Waals surface area (Å²) in [7, 11) is 0. The number of nitrogens with zero attached hydrogens (tertiary/aromatic N) is 3. The molecule has 5 nitrogen and oxygen atoms in total. The van der Waals surface area contributed by atoms with E-state index < -0.39 is 0 Å². The number of carbonyl (C=O) groups excluding carboxylic acids is 1. The number of carbonyl (C=O) groups is 1. The molecule has 0 aliphatic heterocycles. The largest absolute Gasteiger partial charge is 0.317 e. The fourth-order valence-electron chi connectivity index (χ4n) is 3.65. The van der Waals surface area contributed by atoms with Gasteiger partial charge >= 0.3 is 0 Å². The van der Waals surface area contributed by atoms with E-state index in [1.165, 1.54) is 4.88 Å². The van der Waals surface area contributed by atoms with Crippen LogP contribution in [-0.4, -0.2) is 23.4 Å². The van der Waals surface area contributed by atoms with Gasteiger partial charge in [0.05, 0.1) is 17.2 Å². The number of aryl methyl sites for hydroxylation is 1. The predicted octanol–water partition coefficient (Wildman–Crippen LogP) is 4.61. The van der Waals surface area contributed by atoms with E-state index in [1.807, 2.05) is 24.3 Å². The van der Waals surface area contributed by atoms with Crippen LogP contribution in [0.5, 0.6) is 0 Å². The van der Waals surface area contributed by atoms with Crippen molar-refractivity contribution in [2.45, 2.75) is 58.5 Å². The minimum atomic E-state index is -0.0504. The van der Waals surface area contributed by atoms with Crippen molar-refractivity contribution in [3.8, 4) is 12.1 Å². The van der Waals surface area contributed by atoms with Crippen molar-refractivity contribution in [3.63, 3.8) is 0 Å². The fraction of sp³-hybridized carbons (Fsp3) is 0.435. The molecule has 0 radical (unpaired) electrons. The van der Waals surface area contributed by atoms with Crippen LogP contribution in [0.4, 0.5) is 5.00 Å². The second kappa shape index (κ2) is 9.69. The van der Waals surface area contributed by atoms with Gasteiger partial charge in [0.25, 0.3) is 0 Å². The second-order valence-electron chi connectivity index (χ2n) is 7.70. The molecule has 1 N–H and O–H groups in total. The molecule has 150 valence electrons. The van der Waals surface area contributed by atoms with Crippen LogP contribution in [0.2, 0.25) is 0 Å². The highest BCUT2D eigenvalue weighted by Gasteiger charge is 2.22. The first-order valence-corrected chi connectivity index (χ1v) is 10.9. The van der Waals surface area contributed by atoms with E-state index in [0.29, 0.717) is 35.1 Å². The Morgan fingerprint density at radius 1 is 1.17 bits per heavy atom. The summed E-state index contributed by atoms with van der Waals surface area (Å²) in [5, 5.41) is 22.2. The highest BCUT2D eigenvalue weighted by molar-refractivity contribution is 7.16. The van der Waals surface area contributed by atoms with Gasteiger partial charge in [-0.2, -0.15) is 10.5 Å². The molecule has 2 aromatic rings. The molecule has 0 atom stereocenters. The summed E-state index contributed by atoms with van der Waals surface area (Å²) in [5.74, 6) is -0.0504. The zero-order chi connectivity index (χ0) is 20.8. The Bertz CT molecular complexity index is 947. The average molecular weight is 407 g/mol. The van der Waals surface area contributed by atoms with E-state index in [2.05, 4.69) is 36.2 Å². The molecule has 0 unspecified atom stereocenters. The van der Waals surface area contributed by atoms with Crippen LogP contribution in [0.3, 0.4) is 0 Å². The molecule has 1 aromatic carbocycles. The quantitative estimate of drug-likeness (QED) is 0.728. The van der Waals surface area contributed by atoms with Crippen molar-refractivity contribution >= 4 is 22.2 Å². The summed E-state index contributed by atoms with van der Waals surface area (Å²) in [6.45, 7) is 5.59. The zero-order valence-electron chi connectivity index (χ0n) is 17.0. The van der Waals surface area contributed by atoms with Crippen LogP contribution in [0.25, 0.3) is 0 Å². The standard InChI is InChI=1S/C23H26N4OS/c1-16(2)27(15-18-9-7-17(13-24)8-10-18)12-11-22(28)26-23-20(14-25)19-5-3-4-6-21(19)29-23/h7-10,16H,3-6,11-12,15H2,1-2H3,(H,26,28). The van der Waals surface area contributed by atoms with E-state index in [0.717, 1.165) is 43.4 Å². The number of amides is 1. The van der Waals surface area contributed by atoms with Crippen LogP contribution in [-0.2, 0) is 24.2 Å². The van der Waals surface area contributed by atoms with Gasteiger partial charge in [0.2, 0.25) is 5.91 Å². The van der Waals surface area contributed by atoms with E-state index in [1.54, 1.807) is 11.3 Å². The molecule has 1 aromatic heterocycles. The molecule has 1 heterocycles. The third kappa shape index (κ3) is 5.23. The summed E-state index contributed by atoms with van der Waals surface area (Å²) >= 11 is 1.57. The Labute approximate surface area is 176 Å². The van der Waals surface area contributed by atoms with E-state index in [-0.39, 0.29) is 5.91 Å². The lowest BCUT2D eigenvalue weighted by atomic mass is 9.96. The van der Waals surface area contributed by atoms with Crippen LogP contribution >= 0.6 is 11.3 Å². The lowest BCUT2D eigenvalue weighted by Crippen LogP contribution is -2.33. The zero-order valence-corrected chi connectivity index (χ0v) is 17.8. The fourth-order valence-corrected chi connectivity index (χ4v) is 4.90. The molecule has 0 bridgehead atoms. The van der Waals surface area contributed by atoms with Crippen molar-refractivity contribution in [3.05, 3.63) is 51.4 Å². The van der Waals surface area contributed by atoms with Crippen LogP contribution in [0.1, 0.15) is 60.2 Å². The first-order valence-electron chi connectivity index (χ1n) is 10.1. The maximum atomic E-state index is 12.6. The van der Waals surface area contributed by atoms with Gasteiger partial charge in [0.1, 0.15) is 11.1 Å². The first kappa shape index (κ1) is 21.0. The lowest BCUT2D eigenvalue weighted by molar-refractivity contribution is -0.116. The van der Waals surface area contributed by atoms with Crippen molar-refractivity contribution in [2.24, 2.45) is 0 Å². The molecule has 1 aliphatic carbocycles. The van der Waals surface area contributed by atoms with Gasteiger partial charge in [0, 0.05) is 30.4 Å². The summed E-state index contributed by atoms with van der Waals surface area (Å²) in [5.41, 5.74) is 3.58. The molecule has 0 fully saturated rings. The van der Waals surface area contributed by atoms with Crippen LogP contribution < -0.4 is 5.32 Å². The number of anilines is 1. The average Bonchev–Trinajstić information content (AvgIpc) is 3.08. The van der Waals surface area contributed by atoms with Gasteiger partial charge in [-0.15, -0.1) is 11.3 Å². The predicted molar refractivity (Wildman–Crippen MR) is 116 cm³/mol. The van der Waals surface area contributed by atoms with Crippen LogP contribution in [0, 0.1) is 22.7 Å². The molecule has 1 amide bonds. The number of rotatable bonds is 7. The van der Waals surface area contributed by atoms with E-state index in [4.69, 9.17) is 5.26 Å². The first-order chi connectivity index (χ1) is 14.0. The van der Waals surface area contributed by atoms with Crippen molar-refractivity contribution in [2.75, 3.05) is 11.9 Å². The third-order valence-electron chi connectivity index (χ3n) is 5.36. The molecule has 6 heteroatoms. The Morgan fingerprint density at radius 2 is 1.90 bits per heavy atom. The van der Waals surface area contributed by atoms with Gasteiger partial charge in [-0.3, -0.25) is 9.69 Å². The molecular formula is C23H26N4OS. The summed E-state index contributed by atoms with van der Waals surface area (Å²) in [4.78, 5) is 16.1. The van der Waals surface area contributed by atoms with Crippen LogP contribution in [0.15, 0.2) is 24.3 Å². The number of fused-ring (bicyclic) bond motifs is 1. The summed E-state index contributed by atoms with van der Waals surface area (Å²) in [6, 6.07) is 12.3. The van der Waals surface area contributed by atoms with Gasteiger partial charge in [-0.25, -0.2) is 0 Å². The Hall–Kier alpha value is -2.67. The number of hydrogen-bond donors (Lipinski definition) is 1. The maximum Gasteiger partial charge on any atom is 0.226 e. The monoisotopic (exact) mass is 406 g/mol. The smallest absolute Gasteiger partial charge is 0.226 e. The lowest BCUT2D eigenvalue weighted by Gasteiger charge is -2.26. The Kier molecular flexibility index (Phi) is 7.04. The molecule has 3 rings (SSSR count). The third-order valence-corrected chi connectivity index (χ3v) is 6.57. The SMILES string of the molecule is CC(C)N(CCC(=O)Nc1sc2c(c1C#N)CCCC2)Cc1ccc(C#N)cc1. The summed E-state index contributed by atoms with van der Waals surface area (Å²) in [6.07, 6.45) is 4.60. The highest BCUT2D eigenvalue weighted by atomic mass is 32.1. The number of nitriles is 2. The number of nitrogens with one attached hydrogen (secondary N) is 1. The number of thiophene rings is 1. The van der Waals surface area contributed by atoms with E-state index in [9.17, 15) is 10.1 Å². The van der Waals surface area contributed by atoms with Crippen molar-refractivity contribution < 1.29 is 4.79 Å². The minimum absolute atomic E-state index is 0.0504. The van der Waals surface area contributed by atoms with Gasteiger partial charge in [-0.1, -0.05) is 12.1 Å². The number of hydrogen-bond acceptors (Lipinski definition) is 5. The number of benzene rings is 1. The molecule has 0 saturated heterocycles. The topological polar surface area (TPSA) is 79.9 Å². The molecule has 1 aliphatic rings. The van der Waals surface area contributed by atoms with Crippen molar-refractivity contribution in [1.82, 2.24) is 4.90 Å². The highest BCUT2D eigenvalue weighted by Crippen LogP contribution is 2.37. The summed E-state index contributed by atoms with van der Waals surface area (Å²) < 4.78 is 0. The second-order valence-corrected chi connectivity index (χ2v) is 8.80. The molecule has 0 spiro atoms. The minimum Gasteiger partial charge on any atom is -0.317 e. The molecular weight excluding hydrogens is 380 g/mol. The van der Waals surface area contributed by atoms with Gasteiger partial charge < -0.3 is 5.32 Å². The van der Waals surface area contributed by atoms with Gasteiger partial charge in [-0.05, 0) is 62.8 Å². The van der Waals surface area contributed by atoms with Crippen molar-refractivity contribution in [1.29, 1.82) is 10.5 Å². The molecule has 29 heavy (non-hydrogen) atoms. The Balaban J connectivity index is 1.60.